The third-order valence-corrected chi connectivity index (χ3v) is 5.91. The van der Waals surface area contributed by atoms with Crippen LogP contribution < -0.4 is 0 Å². The van der Waals surface area contributed by atoms with E-state index in [2.05, 4.69) is 14.6 Å². The SMILES string of the molecule is CC(c1nnc(C(F)(F)F)o1)N(C)S(=O)(=O)c1ccc(C(F)(F)F)cc1Cl. The van der Waals surface area contributed by atoms with Gasteiger partial charge in [-0.3, -0.25) is 0 Å². The molecule has 2 aromatic rings. The van der Waals surface area contributed by atoms with Crippen molar-refractivity contribution in [1.29, 1.82) is 0 Å². The van der Waals surface area contributed by atoms with Gasteiger partial charge in [0.15, 0.2) is 0 Å². The highest BCUT2D eigenvalue weighted by Gasteiger charge is 2.40. The lowest BCUT2D eigenvalue weighted by atomic mass is 10.2. The minimum Gasteiger partial charge on any atom is -0.416 e. The van der Waals surface area contributed by atoms with E-state index in [4.69, 9.17) is 11.6 Å². The van der Waals surface area contributed by atoms with Crippen LogP contribution in [0, 0.1) is 0 Å². The maximum absolute atomic E-state index is 12.7. The molecule has 14 heteroatoms. The molecule has 6 nitrogen and oxygen atoms in total. The van der Waals surface area contributed by atoms with E-state index in [-0.39, 0.29) is 0 Å². The number of sulfonamides is 1. The molecule has 0 aliphatic rings. The summed E-state index contributed by atoms with van der Waals surface area (Å²) >= 11 is 5.67. The van der Waals surface area contributed by atoms with E-state index in [1.165, 1.54) is 0 Å². The van der Waals surface area contributed by atoms with E-state index in [0.29, 0.717) is 22.5 Å². The number of alkyl halides is 6. The number of nitrogens with zero attached hydrogens (tertiary/aromatic N) is 3. The van der Waals surface area contributed by atoms with Crippen LogP contribution in [0.2, 0.25) is 5.02 Å². The Kier molecular flexibility index (Phi) is 5.52. The first-order valence-electron chi connectivity index (χ1n) is 6.91. The summed E-state index contributed by atoms with van der Waals surface area (Å²) in [5, 5.41) is 5.24. The molecule has 1 aromatic carbocycles. The van der Waals surface area contributed by atoms with Crippen molar-refractivity contribution in [1.82, 2.24) is 14.5 Å². The van der Waals surface area contributed by atoms with E-state index in [9.17, 15) is 34.8 Å². The number of hydrogen-bond donors (Lipinski definition) is 0. The Bertz CT molecular complexity index is 942. The molecule has 0 radical (unpaired) electrons. The van der Waals surface area contributed by atoms with Crippen LogP contribution in [-0.2, 0) is 22.4 Å². The van der Waals surface area contributed by atoms with Crippen molar-refractivity contribution in [2.24, 2.45) is 0 Å². The summed E-state index contributed by atoms with van der Waals surface area (Å²) in [5.41, 5.74) is -1.16. The molecule has 0 spiro atoms. The van der Waals surface area contributed by atoms with Gasteiger partial charge in [0.2, 0.25) is 15.9 Å². The molecule has 0 amide bonds. The van der Waals surface area contributed by atoms with Crippen molar-refractivity contribution >= 4 is 21.6 Å². The van der Waals surface area contributed by atoms with Gasteiger partial charge in [0.05, 0.1) is 10.6 Å². The fourth-order valence-electron chi connectivity index (χ4n) is 1.92. The molecule has 2 rings (SSSR count). The summed E-state index contributed by atoms with van der Waals surface area (Å²) in [7, 11) is -3.50. The highest BCUT2D eigenvalue weighted by Crippen LogP contribution is 2.36. The largest absolute Gasteiger partial charge is 0.470 e. The molecule has 27 heavy (non-hydrogen) atoms. The Hall–Kier alpha value is -1.86. The maximum atomic E-state index is 12.7. The Morgan fingerprint density at radius 2 is 1.70 bits per heavy atom. The molecular weight excluding hydrogens is 428 g/mol. The number of rotatable bonds is 4. The molecule has 0 saturated carbocycles. The van der Waals surface area contributed by atoms with Crippen LogP contribution in [0.4, 0.5) is 26.3 Å². The Morgan fingerprint density at radius 3 is 2.15 bits per heavy atom. The highest BCUT2D eigenvalue weighted by atomic mass is 35.5. The first-order chi connectivity index (χ1) is 12.2. The summed E-state index contributed by atoms with van der Waals surface area (Å²) in [5.74, 6) is -2.32. The molecule has 1 unspecified atom stereocenters. The third-order valence-electron chi connectivity index (χ3n) is 3.50. The second kappa shape index (κ2) is 6.95. The van der Waals surface area contributed by atoms with Crippen molar-refractivity contribution in [2.75, 3.05) is 7.05 Å². The number of hydrogen-bond acceptors (Lipinski definition) is 5. The molecular formula is C13H10ClF6N3O3S. The maximum Gasteiger partial charge on any atom is 0.470 e. The number of aromatic nitrogens is 2. The van der Waals surface area contributed by atoms with Gasteiger partial charge in [-0.25, -0.2) is 8.42 Å². The van der Waals surface area contributed by atoms with Gasteiger partial charge in [0.1, 0.15) is 10.9 Å². The molecule has 0 aliphatic carbocycles. The van der Waals surface area contributed by atoms with Crippen LogP contribution in [0.25, 0.3) is 0 Å². The smallest absolute Gasteiger partial charge is 0.416 e. The summed E-state index contributed by atoms with van der Waals surface area (Å²) in [6.45, 7) is 1.16. The van der Waals surface area contributed by atoms with Crippen LogP contribution in [0.5, 0.6) is 0 Å². The van der Waals surface area contributed by atoms with Gasteiger partial charge in [0, 0.05) is 7.05 Å². The average molecular weight is 438 g/mol. The lowest BCUT2D eigenvalue weighted by Crippen LogP contribution is -2.30. The summed E-state index contributed by atoms with van der Waals surface area (Å²) < 4.78 is 106. The molecule has 0 saturated heterocycles. The van der Waals surface area contributed by atoms with Crippen LogP contribution in [0.1, 0.15) is 30.3 Å². The van der Waals surface area contributed by atoms with Gasteiger partial charge in [-0.15, -0.1) is 10.2 Å². The van der Waals surface area contributed by atoms with E-state index in [1.807, 2.05) is 0 Å². The minimum absolute atomic E-state index is 0.432. The van der Waals surface area contributed by atoms with Crippen molar-refractivity contribution < 1.29 is 39.2 Å². The van der Waals surface area contributed by atoms with E-state index >= 15 is 0 Å². The zero-order valence-corrected chi connectivity index (χ0v) is 15.0. The molecule has 1 atom stereocenters. The summed E-state index contributed by atoms with van der Waals surface area (Å²) in [4.78, 5) is -0.665. The highest BCUT2D eigenvalue weighted by molar-refractivity contribution is 7.89. The molecule has 150 valence electrons. The van der Waals surface area contributed by atoms with Crippen molar-refractivity contribution in [2.45, 2.75) is 30.2 Å². The van der Waals surface area contributed by atoms with E-state index in [0.717, 1.165) is 14.0 Å². The van der Waals surface area contributed by atoms with E-state index in [1.54, 1.807) is 0 Å². The Balaban J connectivity index is 2.37. The van der Waals surface area contributed by atoms with Gasteiger partial charge in [-0.05, 0) is 25.1 Å². The summed E-state index contributed by atoms with van der Waals surface area (Å²) in [6.07, 6.45) is -9.65. The van der Waals surface area contributed by atoms with Crippen LogP contribution in [0.15, 0.2) is 27.5 Å². The first-order valence-corrected chi connectivity index (χ1v) is 8.73. The lowest BCUT2D eigenvalue weighted by molar-refractivity contribution is -0.157. The predicted molar refractivity (Wildman–Crippen MR) is 79.1 cm³/mol. The Morgan fingerprint density at radius 1 is 1.11 bits per heavy atom. The van der Waals surface area contributed by atoms with Gasteiger partial charge in [0.25, 0.3) is 0 Å². The Labute approximate surface area is 153 Å². The monoisotopic (exact) mass is 437 g/mol. The predicted octanol–water partition coefficient (Wildman–Crippen LogP) is 4.14. The quantitative estimate of drug-likeness (QED) is 0.672. The van der Waals surface area contributed by atoms with Gasteiger partial charge < -0.3 is 4.42 Å². The average Bonchev–Trinajstić information content (AvgIpc) is 3.02. The lowest BCUT2D eigenvalue weighted by Gasteiger charge is -2.22. The van der Waals surface area contributed by atoms with Gasteiger partial charge >= 0.3 is 18.2 Å². The number of benzene rings is 1. The third kappa shape index (κ3) is 4.35. The van der Waals surface area contributed by atoms with E-state index < -0.39 is 55.7 Å². The van der Waals surface area contributed by atoms with Crippen molar-refractivity contribution in [3.05, 3.63) is 40.6 Å². The molecule has 1 heterocycles. The molecule has 0 fully saturated rings. The van der Waals surface area contributed by atoms with Crippen LogP contribution in [0.3, 0.4) is 0 Å². The molecule has 1 aromatic heterocycles. The minimum atomic E-state index is -4.92. The zero-order valence-electron chi connectivity index (χ0n) is 13.4. The zero-order chi connectivity index (χ0) is 20.8. The normalized spacial score (nSPS) is 14.6. The first kappa shape index (κ1) is 21.4. The second-order valence-corrected chi connectivity index (χ2v) is 7.66. The van der Waals surface area contributed by atoms with Gasteiger partial charge in [-0.1, -0.05) is 11.6 Å². The van der Waals surface area contributed by atoms with Gasteiger partial charge in [-0.2, -0.15) is 30.6 Å². The molecule has 0 aliphatic heterocycles. The van der Waals surface area contributed by atoms with Crippen molar-refractivity contribution in [3.63, 3.8) is 0 Å². The van der Waals surface area contributed by atoms with Crippen LogP contribution >= 0.6 is 11.6 Å². The fourth-order valence-corrected chi connectivity index (χ4v) is 3.76. The standard InChI is InChI=1S/C13H10ClF6N3O3S/c1-6(10-21-22-11(26-10)13(18,19)20)23(2)27(24,25)9-4-3-7(5-8(9)14)12(15,16)17/h3-6H,1-2H3. The summed E-state index contributed by atoms with van der Waals surface area (Å²) in [6, 6.07) is 0.253. The topological polar surface area (TPSA) is 76.3 Å². The van der Waals surface area contributed by atoms with Crippen molar-refractivity contribution in [3.8, 4) is 0 Å². The fraction of sp³-hybridized carbons (Fsp3) is 0.385. The van der Waals surface area contributed by atoms with Crippen LogP contribution in [-0.4, -0.2) is 30.0 Å². The molecule has 0 N–H and O–H groups in total. The molecule has 0 bridgehead atoms. The second-order valence-electron chi connectivity index (χ2n) is 5.28. The number of halogens is 7.